The largest absolute Gasteiger partial charge is 0.457 e. The van der Waals surface area contributed by atoms with Gasteiger partial charge in [-0.2, -0.15) is 18.4 Å². The Morgan fingerprint density at radius 2 is 1.61 bits per heavy atom. The first-order valence-corrected chi connectivity index (χ1v) is 9.65. The number of nitrogens with zero attached hydrogens (tertiary/aromatic N) is 2. The molecule has 7 nitrogen and oxygen atoms in total. The fraction of sp³-hybridized carbons (Fsp3) is 0.217. The van der Waals surface area contributed by atoms with E-state index in [4.69, 9.17) is 10.00 Å². The molecule has 0 aliphatic carbocycles. The number of halogens is 3. The summed E-state index contributed by atoms with van der Waals surface area (Å²) in [6, 6.07) is 13.3. The minimum atomic E-state index is -4.72. The molecule has 0 spiro atoms. The van der Waals surface area contributed by atoms with Crippen molar-refractivity contribution in [3.8, 4) is 28.8 Å². The van der Waals surface area contributed by atoms with Gasteiger partial charge in [0.2, 0.25) is 0 Å². The Kier molecular flexibility index (Phi) is 7.30. The molecule has 0 saturated heterocycles. The molecule has 3 rings (SSSR count). The first-order valence-electron chi connectivity index (χ1n) is 9.65. The van der Waals surface area contributed by atoms with E-state index in [1.807, 2.05) is 0 Å². The average Bonchev–Trinajstić information content (AvgIpc) is 2.82. The molecule has 0 bridgehead atoms. The molecule has 1 heterocycles. The molecule has 3 aromatic rings. The monoisotopic (exact) mass is 460 g/mol. The Morgan fingerprint density at radius 1 is 0.939 bits per heavy atom. The molecular weight excluding hydrogens is 441 g/mol. The SMILES string of the molecule is N#Cc1ccc(Oc2ccc(-c3cc([C@@H](O)CO)cc([C@@H](O)CO)n3)cc2)c(C(F)(F)F)c1. The third-order valence-corrected chi connectivity index (χ3v) is 4.73. The lowest BCUT2D eigenvalue weighted by atomic mass is 10.0. The Morgan fingerprint density at radius 3 is 2.18 bits per heavy atom. The fourth-order valence-corrected chi connectivity index (χ4v) is 3.01. The highest BCUT2D eigenvalue weighted by atomic mass is 19.4. The summed E-state index contributed by atoms with van der Waals surface area (Å²) in [5, 5.41) is 47.2. The lowest BCUT2D eigenvalue weighted by Crippen LogP contribution is -2.10. The highest BCUT2D eigenvalue weighted by Gasteiger charge is 2.35. The van der Waals surface area contributed by atoms with Crippen LogP contribution in [0.5, 0.6) is 11.5 Å². The van der Waals surface area contributed by atoms with Crippen molar-refractivity contribution in [3.05, 3.63) is 77.0 Å². The van der Waals surface area contributed by atoms with Crippen LogP contribution in [0.4, 0.5) is 13.2 Å². The Bertz CT molecular complexity index is 1130. The zero-order chi connectivity index (χ0) is 24.2. The Balaban J connectivity index is 1.94. The molecule has 10 heteroatoms. The van der Waals surface area contributed by atoms with E-state index in [0.717, 1.165) is 6.07 Å². The molecule has 0 radical (unpaired) electrons. The number of alkyl halides is 3. The summed E-state index contributed by atoms with van der Waals surface area (Å²) in [5.41, 5.74) is -0.120. The van der Waals surface area contributed by atoms with Crippen molar-refractivity contribution in [2.75, 3.05) is 13.2 Å². The van der Waals surface area contributed by atoms with Gasteiger partial charge >= 0.3 is 6.18 Å². The van der Waals surface area contributed by atoms with Crippen molar-refractivity contribution in [1.29, 1.82) is 5.26 Å². The molecule has 2 aromatic carbocycles. The third-order valence-electron chi connectivity index (χ3n) is 4.73. The van der Waals surface area contributed by atoms with Crippen LogP contribution in [0.3, 0.4) is 0 Å². The van der Waals surface area contributed by atoms with Gasteiger partial charge in [0.25, 0.3) is 0 Å². The van der Waals surface area contributed by atoms with E-state index in [-0.39, 0.29) is 22.6 Å². The molecule has 0 aliphatic heterocycles. The number of aliphatic hydroxyl groups is 4. The van der Waals surface area contributed by atoms with Crippen LogP contribution < -0.4 is 4.74 Å². The first kappa shape index (κ1) is 24.2. The zero-order valence-electron chi connectivity index (χ0n) is 17.0. The summed E-state index contributed by atoms with van der Waals surface area (Å²) >= 11 is 0. The third kappa shape index (κ3) is 5.66. The predicted molar refractivity (Wildman–Crippen MR) is 110 cm³/mol. The predicted octanol–water partition coefficient (Wildman–Crippen LogP) is 3.48. The van der Waals surface area contributed by atoms with Crippen LogP contribution in [0.25, 0.3) is 11.3 Å². The standard InChI is InChI=1S/C23H19F3N2O5/c24-23(25,26)17-7-13(10-27)1-6-22(17)33-16-4-2-14(3-5-16)18-8-15(20(31)11-29)9-19(28-18)21(32)12-30/h1-9,20-21,29-32H,11-12H2/t20-,21-/m0/s1. The molecule has 0 fully saturated rings. The van der Waals surface area contributed by atoms with E-state index in [2.05, 4.69) is 4.98 Å². The summed E-state index contributed by atoms with van der Waals surface area (Å²) in [6.45, 7) is -1.18. The van der Waals surface area contributed by atoms with Gasteiger partial charge in [-0.1, -0.05) is 0 Å². The molecule has 0 saturated carbocycles. The van der Waals surface area contributed by atoms with Crippen LogP contribution in [0.1, 0.15) is 34.6 Å². The van der Waals surface area contributed by atoms with Crippen LogP contribution in [-0.2, 0) is 6.18 Å². The number of aromatic nitrogens is 1. The van der Waals surface area contributed by atoms with Crippen molar-refractivity contribution in [1.82, 2.24) is 4.98 Å². The quantitative estimate of drug-likeness (QED) is 0.425. The zero-order valence-corrected chi connectivity index (χ0v) is 17.0. The smallest absolute Gasteiger partial charge is 0.420 e. The number of hydrogen-bond donors (Lipinski definition) is 4. The van der Waals surface area contributed by atoms with Crippen LogP contribution in [0.15, 0.2) is 54.6 Å². The number of nitriles is 1. The van der Waals surface area contributed by atoms with Crippen molar-refractivity contribution >= 4 is 0 Å². The summed E-state index contributed by atoms with van der Waals surface area (Å²) in [6.07, 6.45) is -7.27. The highest BCUT2D eigenvalue weighted by molar-refractivity contribution is 5.62. The van der Waals surface area contributed by atoms with Crippen molar-refractivity contribution in [3.63, 3.8) is 0 Å². The molecule has 1 aromatic heterocycles. The van der Waals surface area contributed by atoms with E-state index >= 15 is 0 Å². The van der Waals surface area contributed by atoms with Gasteiger partial charge in [-0.3, -0.25) is 0 Å². The maximum absolute atomic E-state index is 13.3. The van der Waals surface area contributed by atoms with Crippen molar-refractivity contribution in [2.24, 2.45) is 0 Å². The van der Waals surface area contributed by atoms with Gasteiger partial charge in [0.1, 0.15) is 23.7 Å². The van der Waals surface area contributed by atoms with E-state index in [9.17, 15) is 33.6 Å². The van der Waals surface area contributed by atoms with Crippen molar-refractivity contribution in [2.45, 2.75) is 18.4 Å². The van der Waals surface area contributed by atoms with Crippen LogP contribution in [-0.4, -0.2) is 38.6 Å². The van der Waals surface area contributed by atoms with Crippen LogP contribution >= 0.6 is 0 Å². The van der Waals surface area contributed by atoms with Crippen molar-refractivity contribution < 1.29 is 38.3 Å². The number of ether oxygens (including phenoxy) is 1. The number of benzene rings is 2. The molecule has 33 heavy (non-hydrogen) atoms. The first-order chi connectivity index (χ1) is 15.7. The topological polar surface area (TPSA) is 127 Å². The molecule has 4 N–H and O–H groups in total. The Labute approximate surface area is 186 Å². The van der Waals surface area contributed by atoms with Crippen LogP contribution in [0, 0.1) is 11.3 Å². The second kappa shape index (κ2) is 9.97. The van der Waals surface area contributed by atoms with Gasteiger partial charge in [0.05, 0.1) is 41.8 Å². The maximum atomic E-state index is 13.3. The number of hydrogen-bond acceptors (Lipinski definition) is 7. The van der Waals surface area contributed by atoms with Gasteiger partial charge in [0, 0.05) is 5.56 Å². The van der Waals surface area contributed by atoms with Gasteiger partial charge in [0.15, 0.2) is 0 Å². The minimum Gasteiger partial charge on any atom is -0.457 e. The molecule has 172 valence electrons. The lowest BCUT2D eigenvalue weighted by Gasteiger charge is -2.16. The van der Waals surface area contributed by atoms with E-state index in [0.29, 0.717) is 17.3 Å². The second-order valence-electron chi connectivity index (χ2n) is 7.05. The van der Waals surface area contributed by atoms with Gasteiger partial charge < -0.3 is 25.2 Å². The summed E-state index contributed by atoms with van der Waals surface area (Å²) in [7, 11) is 0. The summed E-state index contributed by atoms with van der Waals surface area (Å²) in [4.78, 5) is 4.25. The lowest BCUT2D eigenvalue weighted by molar-refractivity contribution is -0.138. The van der Waals surface area contributed by atoms with E-state index in [1.165, 1.54) is 42.5 Å². The Hall–Kier alpha value is -3.49. The van der Waals surface area contributed by atoms with Gasteiger partial charge in [-0.15, -0.1) is 0 Å². The molecule has 2 atom stereocenters. The second-order valence-corrected chi connectivity index (χ2v) is 7.05. The summed E-state index contributed by atoms with van der Waals surface area (Å²) in [5.74, 6) is -0.370. The maximum Gasteiger partial charge on any atom is 0.420 e. The molecule has 0 amide bonds. The number of aliphatic hydroxyl groups excluding tert-OH is 4. The van der Waals surface area contributed by atoms with E-state index in [1.54, 1.807) is 6.07 Å². The summed E-state index contributed by atoms with van der Waals surface area (Å²) < 4.78 is 45.4. The number of rotatable bonds is 7. The van der Waals surface area contributed by atoms with Gasteiger partial charge in [-0.05, 0) is 60.2 Å². The highest BCUT2D eigenvalue weighted by Crippen LogP contribution is 2.39. The fourth-order valence-electron chi connectivity index (χ4n) is 3.01. The van der Waals surface area contributed by atoms with Crippen LogP contribution in [0.2, 0.25) is 0 Å². The minimum absolute atomic E-state index is 0.0743. The molecule has 0 unspecified atom stereocenters. The molecular formula is C23H19F3N2O5. The molecule has 0 aliphatic rings. The number of pyridine rings is 1. The normalized spacial score (nSPS) is 13.3. The van der Waals surface area contributed by atoms with E-state index < -0.39 is 42.9 Å². The average molecular weight is 460 g/mol. The van der Waals surface area contributed by atoms with Gasteiger partial charge in [-0.25, -0.2) is 4.98 Å².